The quantitative estimate of drug-likeness (QED) is 0.541. The van der Waals surface area contributed by atoms with Crippen LogP contribution in [0.2, 0.25) is 5.02 Å². The van der Waals surface area contributed by atoms with Crippen molar-refractivity contribution in [1.29, 1.82) is 0 Å². The van der Waals surface area contributed by atoms with Crippen molar-refractivity contribution in [2.24, 2.45) is 5.73 Å². The van der Waals surface area contributed by atoms with E-state index in [1.807, 2.05) is 13.8 Å². The molecule has 10 heteroatoms. The summed E-state index contributed by atoms with van der Waals surface area (Å²) in [5.74, 6) is -0.376. The fourth-order valence-corrected chi connectivity index (χ4v) is 2.87. The molecule has 0 aliphatic carbocycles. The molecule has 0 unspecified atom stereocenters. The molecule has 3 aromatic rings. The molecule has 3 rings (SSSR count). The Labute approximate surface area is 188 Å². The second-order valence-corrected chi connectivity index (χ2v) is 6.87. The van der Waals surface area contributed by atoms with E-state index >= 15 is 0 Å². The van der Waals surface area contributed by atoms with E-state index in [9.17, 15) is 18.0 Å². The Morgan fingerprint density at radius 3 is 2.31 bits per heavy atom. The van der Waals surface area contributed by atoms with Crippen LogP contribution in [-0.2, 0) is 17.6 Å². The summed E-state index contributed by atoms with van der Waals surface area (Å²) in [6, 6.07) is 8.34. The van der Waals surface area contributed by atoms with Crippen molar-refractivity contribution >= 4 is 17.5 Å². The van der Waals surface area contributed by atoms with Gasteiger partial charge < -0.3 is 10.5 Å². The molecule has 0 saturated heterocycles. The highest BCUT2D eigenvalue weighted by Gasteiger charge is 2.29. The van der Waals surface area contributed by atoms with Crippen LogP contribution in [0.25, 0.3) is 11.1 Å². The van der Waals surface area contributed by atoms with Gasteiger partial charge in [-0.25, -0.2) is 15.0 Å². The molecule has 2 aromatic heterocycles. The van der Waals surface area contributed by atoms with E-state index in [2.05, 4.69) is 15.0 Å². The monoisotopic (exact) mass is 466 g/mol. The summed E-state index contributed by atoms with van der Waals surface area (Å²) >= 11 is 6.03. The normalized spacial score (nSPS) is 10.8. The van der Waals surface area contributed by atoms with Gasteiger partial charge in [0.1, 0.15) is 5.82 Å². The van der Waals surface area contributed by atoms with Crippen molar-refractivity contribution in [3.8, 4) is 17.0 Å². The molecule has 32 heavy (non-hydrogen) atoms. The van der Waals surface area contributed by atoms with Crippen LogP contribution >= 0.6 is 11.6 Å². The number of pyridine rings is 1. The van der Waals surface area contributed by atoms with Crippen molar-refractivity contribution in [1.82, 2.24) is 15.0 Å². The number of ether oxygens (including phenoxy) is 1. The number of carbonyl (C=O) groups is 1. The zero-order chi connectivity index (χ0) is 23.7. The highest BCUT2D eigenvalue weighted by molar-refractivity contribution is 6.30. The maximum atomic E-state index is 12.6. The summed E-state index contributed by atoms with van der Waals surface area (Å²) < 4.78 is 42.7. The first-order valence-electron chi connectivity index (χ1n) is 9.72. The summed E-state index contributed by atoms with van der Waals surface area (Å²) in [5.41, 5.74) is 7.50. The van der Waals surface area contributed by atoms with Gasteiger partial charge in [-0.3, -0.25) is 4.79 Å². The largest absolute Gasteiger partial charge is 0.468 e. The molecule has 1 aromatic carbocycles. The third-order valence-electron chi connectivity index (χ3n) is 3.92. The lowest BCUT2D eigenvalue weighted by molar-refractivity contribution is -0.154. The van der Waals surface area contributed by atoms with E-state index in [1.165, 1.54) is 6.20 Å². The number of primary amides is 1. The molecule has 170 valence electrons. The highest BCUT2D eigenvalue weighted by atomic mass is 35.5. The first-order valence-corrected chi connectivity index (χ1v) is 10.1. The first kappa shape index (κ1) is 25.1. The lowest BCUT2D eigenvalue weighted by Gasteiger charge is -2.14. The number of benzene rings is 1. The molecule has 0 bridgehead atoms. The maximum Gasteiger partial charge on any atom is 0.422 e. The van der Waals surface area contributed by atoms with Gasteiger partial charge in [0.05, 0.1) is 6.42 Å². The number of amides is 1. The second kappa shape index (κ2) is 11.4. The predicted octanol–water partition coefficient (Wildman–Crippen LogP) is 4.78. The smallest absolute Gasteiger partial charge is 0.422 e. The van der Waals surface area contributed by atoms with Crippen LogP contribution in [0, 0.1) is 0 Å². The number of hydrogen-bond donors (Lipinski definition) is 1. The van der Waals surface area contributed by atoms with Crippen molar-refractivity contribution in [3.63, 3.8) is 0 Å². The van der Waals surface area contributed by atoms with Gasteiger partial charge in [0, 0.05) is 35.6 Å². The van der Waals surface area contributed by atoms with Crippen molar-refractivity contribution in [2.45, 2.75) is 32.9 Å². The Hall–Kier alpha value is -3.20. The third-order valence-corrected chi connectivity index (χ3v) is 4.15. The zero-order valence-corrected chi connectivity index (χ0v) is 18.2. The molecule has 0 aliphatic heterocycles. The zero-order valence-electron chi connectivity index (χ0n) is 17.5. The molecule has 0 saturated carbocycles. The molecule has 0 fully saturated rings. The van der Waals surface area contributed by atoms with Crippen LogP contribution in [0.4, 0.5) is 13.2 Å². The average molecular weight is 467 g/mol. The Morgan fingerprint density at radius 1 is 1.06 bits per heavy atom. The Kier molecular flexibility index (Phi) is 8.95. The summed E-state index contributed by atoms with van der Waals surface area (Å²) in [4.78, 5) is 23.2. The molecule has 0 aliphatic rings. The minimum Gasteiger partial charge on any atom is -0.468 e. The molecule has 2 heterocycles. The summed E-state index contributed by atoms with van der Waals surface area (Å²) in [5, 5.41) is 0.429. The number of alkyl halides is 3. The third kappa shape index (κ3) is 7.81. The number of rotatable bonds is 7. The molecule has 1 amide bonds. The standard InChI is InChI=1S/C20H16ClF3N4O2.C2H6/c21-15-3-1-2-14(6-15)16-5-12(8-28-19(16)30-11-20(22,23)24)4-13-9-26-18(27-10-13)7-17(25)29;1-2/h1-3,5-6,8-10H,4,7,11H2,(H2,25,29);1-2H3. The molecular weight excluding hydrogens is 445 g/mol. The van der Waals surface area contributed by atoms with Crippen LogP contribution in [0.5, 0.6) is 5.88 Å². The van der Waals surface area contributed by atoms with Gasteiger partial charge in [-0.15, -0.1) is 0 Å². The Morgan fingerprint density at radius 2 is 1.72 bits per heavy atom. The fourth-order valence-electron chi connectivity index (χ4n) is 2.68. The van der Waals surface area contributed by atoms with Gasteiger partial charge in [-0.2, -0.15) is 13.2 Å². The summed E-state index contributed by atoms with van der Waals surface area (Å²) in [6.45, 7) is 2.54. The Balaban J connectivity index is 0.00000176. The number of aromatic nitrogens is 3. The van der Waals surface area contributed by atoms with Crippen molar-refractivity contribution in [2.75, 3.05) is 6.61 Å². The maximum absolute atomic E-state index is 12.6. The number of carbonyl (C=O) groups excluding carboxylic acids is 1. The average Bonchev–Trinajstić information content (AvgIpc) is 2.74. The van der Waals surface area contributed by atoms with E-state index in [0.29, 0.717) is 34.0 Å². The van der Waals surface area contributed by atoms with E-state index in [-0.39, 0.29) is 12.3 Å². The lowest BCUT2D eigenvalue weighted by Crippen LogP contribution is -2.20. The number of hydrogen-bond acceptors (Lipinski definition) is 5. The minimum absolute atomic E-state index is 0.0635. The molecule has 0 atom stereocenters. The molecule has 2 N–H and O–H groups in total. The van der Waals surface area contributed by atoms with Gasteiger partial charge in [-0.1, -0.05) is 37.6 Å². The van der Waals surface area contributed by atoms with Crippen LogP contribution in [-0.4, -0.2) is 33.6 Å². The van der Waals surface area contributed by atoms with Gasteiger partial charge in [-0.05, 0) is 34.9 Å². The van der Waals surface area contributed by atoms with Gasteiger partial charge in [0.2, 0.25) is 11.8 Å². The van der Waals surface area contributed by atoms with Crippen LogP contribution in [0.15, 0.2) is 48.9 Å². The SMILES string of the molecule is CC.NC(=O)Cc1ncc(Cc2cnc(OCC(F)(F)F)c(-c3cccc(Cl)c3)c2)cn1. The van der Waals surface area contributed by atoms with E-state index in [0.717, 1.165) is 5.56 Å². The predicted molar refractivity (Wildman–Crippen MR) is 115 cm³/mol. The molecule has 0 radical (unpaired) electrons. The summed E-state index contributed by atoms with van der Waals surface area (Å²) in [6.07, 6.45) is 0.354. The molecule has 6 nitrogen and oxygen atoms in total. The van der Waals surface area contributed by atoms with Crippen LogP contribution in [0.1, 0.15) is 30.8 Å². The first-order chi connectivity index (χ1) is 15.2. The van der Waals surface area contributed by atoms with E-state index in [4.69, 9.17) is 22.1 Å². The molecule has 0 spiro atoms. The van der Waals surface area contributed by atoms with E-state index < -0.39 is 18.7 Å². The van der Waals surface area contributed by atoms with E-state index in [1.54, 1.807) is 42.7 Å². The van der Waals surface area contributed by atoms with Crippen LogP contribution < -0.4 is 10.5 Å². The topological polar surface area (TPSA) is 91.0 Å². The van der Waals surface area contributed by atoms with Crippen LogP contribution in [0.3, 0.4) is 0 Å². The second-order valence-electron chi connectivity index (χ2n) is 6.44. The van der Waals surface area contributed by atoms with Crippen molar-refractivity contribution < 1.29 is 22.7 Å². The number of nitrogens with zero attached hydrogens (tertiary/aromatic N) is 3. The fraction of sp³-hybridized carbons (Fsp3) is 0.273. The Bertz CT molecular complexity index is 1040. The summed E-state index contributed by atoms with van der Waals surface area (Å²) in [7, 11) is 0. The van der Waals surface area contributed by atoms with Gasteiger partial charge in [0.25, 0.3) is 0 Å². The molecular formula is C22H22ClF3N4O2. The number of nitrogens with two attached hydrogens (primary N) is 1. The lowest BCUT2D eigenvalue weighted by atomic mass is 10.0. The van der Waals surface area contributed by atoms with Gasteiger partial charge in [0.15, 0.2) is 6.61 Å². The minimum atomic E-state index is -4.49. The van der Waals surface area contributed by atoms with Gasteiger partial charge >= 0.3 is 6.18 Å². The van der Waals surface area contributed by atoms with Crippen molar-refractivity contribution in [3.05, 3.63) is 70.9 Å². The number of halogens is 4. The highest BCUT2D eigenvalue weighted by Crippen LogP contribution is 2.32.